The Morgan fingerprint density at radius 1 is 1.33 bits per heavy atom. The Morgan fingerprint density at radius 2 is 2.00 bits per heavy atom. The van der Waals surface area contributed by atoms with Crippen molar-refractivity contribution in [3.8, 4) is 0 Å². The summed E-state index contributed by atoms with van der Waals surface area (Å²) in [7, 11) is 0. The number of hydrogen-bond donors (Lipinski definition) is 3. The molecule has 3 unspecified atom stereocenters. The summed E-state index contributed by atoms with van der Waals surface area (Å²) in [5.41, 5.74) is 0. The van der Waals surface area contributed by atoms with Crippen LogP contribution in [0.4, 0.5) is 0 Å². The zero-order valence-corrected chi connectivity index (χ0v) is 18.8. The molecule has 3 N–H and O–H groups in total. The monoisotopic (exact) mass is 368 g/mol. The fourth-order valence-electron chi connectivity index (χ4n) is 2.22. The van der Waals surface area contributed by atoms with Crippen LogP contribution in [0.5, 0.6) is 0 Å². The van der Waals surface area contributed by atoms with E-state index in [1.165, 1.54) is 0 Å². The van der Waals surface area contributed by atoms with Crippen LogP contribution in [0.15, 0.2) is 12.2 Å². The molecule has 0 aromatic carbocycles. The number of hydrogen-bond acceptors (Lipinski definition) is 6. The van der Waals surface area contributed by atoms with Crippen molar-refractivity contribution in [3.05, 3.63) is 12.2 Å². The second kappa shape index (κ2) is 17.1. The van der Waals surface area contributed by atoms with Gasteiger partial charge in [0.2, 0.25) is 0 Å². The fraction of sp³-hybridized carbons (Fsp3) is 0.824. The molecule has 0 saturated heterocycles. The Morgan fingerprint density at radius 3 is 2.54 bits per heavy atom. The summed E-state index contributed by atoms with van der Waals surface area (Å²) in [6.07, 6.45) is 6.09. The van der Waals surface area contributed by atoms with Crippen LogP contribution in [-0.4, -0.2) is 65.5 Å². The molecule has 0 spiro atoms. The van der Waals surface area contributed by atoms with E-state index in [1.807, 2.05) is 13.0 Å². The predicted molar refractivity (Wildman–Crippen MR) is 89.9 cm³/mol. The van der Waals surface area contributed by atoms with Gasteiger partial charge in [-0.3, -0.25) is 4.90 Å². The van der Waals surface area contributed by atoms with E-state index in [0.29, 0.717) is 19.6 Å². The van der Waals surface area contributed by atoms with E-state index in [0.717, 1.165) is 25.7 Å². The summed E-state index contributed by atoms with van der Waals surface area (Å²) in [6, 6.07) is -0.772. The number of carbonyl (C=O) groups excluding carboxylic acids is 1. The molecule has 0 radical (unpaired) electrons. The molecule has 0 rings (SSSR count). The van der Waals surface area contributed by atoms with E-state index in [-0.39, 0.29) is 64.0 Å². The molecule has 0 aliphatic rings. The molecule has 136 valence electrons. The topological polar surface area (TPSA) is 95.9 Å². The SMILES string of the molecule is CC/C=C/C(O)CN(CCNCC(O)CCCC)C(C)C(=O)[O-].[K+]. The third-order valence-electron chi connectivity index (χ3n) is 3.75. The number of unbranched alkanes of at least 4 members (excludes halogenated alkanes) is 1. The van der Waals surface area contributed by atoms with Crippen molar-refractivity contribution in [2.24, 2.45) is 0 Å². The minimum absolute atomic E-state index is 0. The zero-order valence-electron chi connectivity index (χ0n) is 15.7. The van der Waals surface area contributed by atoms with E-state index >= 15 is 0 Å². The van der Waals surface area contributed by atoms with Gasteiger partial charge in [0.15, 0.2) is 0 Å². The quantitative estimate of drug-likeness (QED) is 0.171. The van der Waals surface area contributed by atoms with E-state index in [4.69, 9.17) is 0 Å². The molecular weight excluding hydrogens is 335 g/mol. The van der Waals surface area contributed by atoms with Crippen LogP contribution in [0.25, 0.3) is 0 Å². The van der Waals surface area contributed by atoms with Crippen LogP contribution < -0.4 is 61.8 Å². The Kier molecular flexibility index (Phi) is 19.2. The van der Waals surface area contributed by atoms with Gasteiger partial charge in [-0.25, -0.2) is 0 Å². The van der Waals surface area contributed by atoms with Crippen LogP contribution in [0.3, 0.4) is 0 Å². The first-order chi connectivity index (χ1) is 10.9. The van der Waals surface area contributed by atoms with Crippen LogP contribution >= 0.6 is 0 Å². The molecule has 24 heavy (non-hydrogen) atoms. The molecule has 0 heterocycles. The smallest absolute Gasteiger partial charge is 0.548 e. The zero-order chi connectivity index (χ0) is 17.7. The number of nitrogens with one attached hydrogen (secondary N) is 1. The Labute approximate surface area is 189 Å². The third-order valence-corrected chi connectivity index (χ3v) is 3.75. The number of allylic oxidation sites excluding steroid dienone is 1. The maximum atomic E-state index is 11.1. The van der Waals surface area contributed by atoms with Gasteiger partial charge in [-0.2, -0.15) is 0 Å². The van der Waals surface area contributed by atoms with Crippen molar-refractivity contribution in [2.45, 2.75) is 64.7 Å². The maximum absolute atomic E-state index is 11.1. The van der Waals surface area contributed by atoms with E-state index < -0.39 is 18.1 Å². The number of rotatable bonds is 14. The summed E-state index contributed by atoms with van der Waals surface area (Å²) < 4.78 is 0. The van der Waals surface area contributed by atoms with Gasteiger partial charge in [0.25, 0.3) is 0 Å². The van der Waals surface area contributed by atoms with Crippen molar-refractivity contribution in [3.63, 3.8) is 0 Å². The van der Waals surface area contributed by atoms with Crippen LogP contribution in [0.2, 0.25) is 0 Å². The molecule has 7 heteroatoms. The van der Waals surface area contributed by atoms with E-state index in [9.17, 15) is 20.1 Å². The molecule has 0 aliphatic heterocycles. The molecule has 0 aromatic heterocycles. The number of carboxylic acid groups (broad SMARTS) is 1. The average molecular weight is 369 g/mol. The van der Waals surface area contributed by atoms with Crippen molar-refractivity contribution in [1.82, 2.24) is 10.2 Å². The van der Waals surface area contributed by atoms with Gasteiger partial charge in [-0.15, -0.1) is 0 Å². The fourth-order valence-corrected chi connectivity index (χ4v) is 2.22. The Bertz CT molecular complexity index is 343. The number of carboxylic acids is 1. The summed E-state index contributed by atoms with van der Waals surface area (Å²) >= 11 is 0. The first kappa shape index (κ1) is 26.9. The standard InChI is InChI=1S/C17H34N2O4.K/c1-4-6-8-15(20)12-18-10-11-19(14(3)17(22)23)13-16(21)9-7-5-2;/h7,9,14-16,18,20-21H,4-6,8,10-13H2,1-3H3,(H,22,23);/q;+1/p-1/b9-7+;. The number of aliphatic carboxylic acids is 1. The maximum Gasteiger partial charge on any atom is 1.00 e. The van der Waals surface area contributed by atoms with Gasteiger partial charge < -0.3 is 25.4 Å². The van der Waals surface area contributed by atoms with Gasteiger partial charge in [0, 0.05) is 32.2 Å². The molecule has 0 aliphatic carbocycles. The molecule has 0 bridgehead atoms. The largest absolute Gasteiger partial charge is 1.00 e. The number of nitrogens with zero attached hydrogens (tertiary/aromatic N) is 1. The second-order valence-electron chi connectivity index (χ2n) is 5.89. The molecule has 0 aromatic rings. The molecule has 6 nitrogen and oxygen atoms in total. The van der Waals surface area contributed by atoms with E-state index in [2.05, 4.69) is 12.2 Å². The molecule has 0 fully saturated rings. The summed E-state index contributed by atoms with van der Waals surface area (Å²) in [5, 5.41) is 33.9. The van der Waals surface area contributed by atoms with Crippen LogP contribution in [0, 0.1) is 0 Å². The van der Waals surface area contributed by atoms with Crippen molar-refractivity contribution < 1.29 is 71.5 Å². The van der Waals surface area contributed by atoms with Crippen molar-refractivity contribution in [1.29, 1.82) is 0 Å². The first-order valence-electron chi connectivity index (χ1n) is 8.60. The minimum atomic E-state index is -1.15. The van der Waals surface area contributed by atoms with Gasteiger partial charge in [-0.1, -0.05) is 38.8 Å². The van der Waals surface area contributed by atoms with Gasteiger partial charge in [0.05, 0.1) is 18.2 Å². The van der Waals surface area contributed by atoms with Crippen molar-refractivity contribution in [2.75, 3.05) is 26.2 Å². The third kappa shape index (κ3) is 13.9. The average Bonchev–Trinajstić information content (AvgIpc) is 2.52. The van der Waals surface area contributed by atoms with Gasteiger partial charge in [-0.05, 0) is 19.8 Å². The van der Waals surface area contributed by atoms with Gasteiger partial charge in [0.1, 0.15) is 0 Å². The number of aliphatic hydroxyl groups excluding tert-OH is 2. The second-order valence-corrected chi connectivity index (χ2v) is 5.89. The summed E-state index contributed by atoms with van der Waals surface area (Å²) in [6.45, 7) is 7.35. The van der Waals surface area contributed by atoms with Crippen LogP contribution in [-0.2, 0) is 4.79 Å². The number of carbonyl (C=O) groups is 1. The minimum Gasteiger partial charge on any atom is -0.548 e. The Hall–Kier alpha value is 0.686. The molecular formula is C17H33KN2O4. The first-order valence-corrected chi connectivity index (χ1v) is 8.60. The van der Waals surface area contributed by atoms with E-state index in [1.54, 1.807) is 17.9 Å². The van der Waals surface area contributed by atoms with Gasteiger partial charge >= 0.3 is 51.4 Å². The summed E-state index contributed by atoms with van der Waals surface area (Å²) in [4.78, 5) is 12.8. The van der Waals surface area contributed by atoms with Crippen LogP contribution in [0.1, 0.15) is 46.5 Å². The molecule has 3 atom stereocenters. The molecule has 0 saturated carbocycles. The normalized spacial score (nSPS) is 15.2. The predicted octanol–water partition coefficient (Wildman–Crippen LogP) is -3.10. The Balaban J connectivity index is 0. The number of aliphatic hydroxyl groups is 2. The summed E-state index contributed by atoms with van der Waals surface area (Å²) in [5.74, 6) is -1.15. The molecule has 0 amide bonds. The van der Waals surface area contributed by atoms with Crippen molar-refractivity contribution >= 4 is 5.97 Å².